The van der Waals surface area contributed by atoms with E-state index in [2.05, 4.69) is 18.2 Å². The fourth-order valence-corrected chi connectivity index (χ4v) is 1.69. The van der Waals surface area contributed by atoms with Crippen molar-refractivity contribution in [2.75, 3.05) is 0 Å². The summed E-state index contributed by atoms with van der Waals surface area (Å²) in [7, 11) is 0. The number of benzene rings is 1. The van der Waals surface area contributed by atoms with E-state index in [1.807, 2.05) is 25.1 Å². The van der Waals surface area contributed by atoms with E-state index in [0.29, 0.717) is 0 Å². The molecular formula is C14H18. The quantitative estimate of drug-likeness (QED) is 0.631. The van der Waals surface area contributed by atoms with Crippen molar-refractivity contribution in [1.29, 1.82) is 0 Å². The zero-order chi connectivity index (χ0) is 12.5. The van der Waals surface area contributed by atoms with Crippen LogP contribution in [0.25, 0.3) is 0 Å². The maximum Gasteiger partial charge on any atom is 0.0239 e. The summed E-state index contributed by atoms with van der Waals surface area (Å²) in [6.07, 6.45) is 4.77. The second-order valence-corrected chi connectivity index (χ2v) is 4.26. The summed E-state index contributed by atoms with van der Waals surface area (Å²) < 4.78 is 22.4. The smallest absolute Gasteiger partial charge is 0.0239 e. The molecule has 0 heterocycles. The predicted octanol–water partition coefficient (Wildman–Crippen LogP) is 3.98. The second kappa shape index (κ2) is 3.61. The van der Waals surface area contributed by atoms with Gasteiger partial charge < -0.3 is 0 Å². The first-order valence-corrected chi connectivity index (χ1v) is 5.17. The molecule has 0 heteroatoms. The lowest BCUT2D eigenvalue weighted by Gasteiger charge is -1.97. The molecule has 2 rings (SSSR count). The first-order valence-electron chi connectivity index (χ1n) is 6.67. The first kappa shape index (κ1) is 6.44. The van der Waals surface area contributed by atoms with Crippen LogP contribution >= 0.6 is 0 Å². The highest BCUT2D eigenvalue weighted by atomic mass is 14.4. The number of aryl methyl sites for hydroxylation is 1. The van der Waals surface area contributed by atoms with Gasteiger partial charge in [0, 0.05) is 4.11 Å². The zero-order valence-corrected chi connectivity index (χ0v) is 8.59. The van der Waals surface area contributed by atoms with Gasteiger partial charge in [-0.05, 0) is 30.2 Å². The first-order chi connectivity index (χ1) is 7.93. The van der Waals surface area contributed by atoms with Gasteiger partial charge in [0.25, 0.3) is 0 Å². The van der Waals surface area contributed by atoms with Crippen molar-refractivity contribution in [3.63, 3.8) is 0 Å². The number of rotatable bonds is 3. The standard InChI is InChI=1S/C14H18/c1-14(2)11-13(14)10-6-9-12-7-4-3-5-8-12/h3-5,7-8,10H,6,9,11H2,1-2H3/b13-10+/i1D3/t14-/m1/s1. The third-order valence-electron chi connectivity index (χ3n) is 2.79. The van der Waals surface area contributed by atoms with Crippen LogP contribution in [0.3, 0.4) is 0 Å². The fourth-order valence-electron chi connectivity index (χ4n) is 1.69. The molecule has 0 unspecified atom stereocenters. The summed E-state index contributed by atoms with van der Waals surface area (Å²) in [6.45, 7) is -0.0000687. The average molecular weight is 189 g/mol. The molecule has 1 saturated carbocycles. The van der Waals surface area contributed by atoms with Gasteiger partial charge in [-0.1, -0.05) is 55.8 Å². The fraction of sp³-hybridized carbons (Fsp3) is 0.429. The van der Waals surface area contributed by atoms with Crippen LogP contribution in [0.15, 0.2) is 42.0 Å². The van der Waals surface area contributed by atoms with E-state index in [4.69, 9.17) is 4.11 Å². The molecule has 1 aromatic rings. The molecule has 1 atom stereocenters. The van der Waals surface area contributed by atoms with Crippen LogP contribution in [0.2, 0.25) is 0 Å². The Kier molecular flexibility index (Phi) is 1.66. The molecule has 0 radical (unpaired) electrons. The molecule has 1 aromatic carbocycles. The highest BCUT2D eigenvalue weighted by Gasteiger charge is 2.37. The summed E-state index contributed by atoms with van der Waals surface area (Å²) >= 11 is 0. The van der Waals surface area contributed by atoms with E-state index in [0.717, 1.165) is 24.8 Å². The lowest BCUT2D eigenvalue weighted by atomic mass is 10.1. The van der Waals surface area contributed by atoms with Crippen molar-refractivity contribution in [3.8, 4) is 0 Å². The lowest BCUT2D eigenvalue weighted by molar-refractivity contribution is 0.685. The predicted molar refractivity (Wildman–Crippen MR) is 61.2 cm³/mol. The summed E-state index contributed by atoms with van der Waals surface area (Å²) in [5.41, 5.74) is 1.87. The van der Waals surface area contributed by atoms with Crippen LogP contribution in [-0.4, -0.2) is 0 Å². The lowest BCUT2D eigenvalue weighted by Crippen LogP contribution is -1.83. The SMILES string of the molecule is [2H]C([2H])([2H])[C@@]1(C)C/C1=C\CCc1ccccc1. The minimum atomic E-state index is -1.84. The molecule has 0 nitrogen and oxygen atoms in total. The Morgan fingerprint density at radius 2 is 2.21 bits per heavy atom. The summed E-state index contributed by atoms with van der Waals surface area (Å²) in [6, 6.07) is 10.3. The monoisotopic (exact) mass is 189 g/mol. The van der Waals surface area contributed by atoms with Crippen molar-refractivity contribution >= 4 is 0 Å². The zero-order valence-electron chi connectivity index (χ0n) is 11.6. The van der Waals surface area contributed by atoms with Crippen molar-refractivity contribution in [2.45, 2.75) is 33.0 Å². The Morgan fingerprint density at radius 3 is 2.86 bits per heavy atom. The molecule has 0 spiro atoms. The number of allylic oxidation sites excluding steroid dienone is 2. The van der Waals surface area contributed by atoms with Gasteiger partial charge in [-0.2, -0.15) is 0 Å². The van der Waals surface area contributed by atoms with Gasteiger partial charge in [0.1, 0.15) is 0 Å². The molecule has 0 aliphatic heterocycles. The minimum Gasteiger partial charge on any atom is -0.0844 e. The molecule has 0 N–H and O–H groups in total. The molecule has 1 fully saturated rings. The van der Waals surface area contributed by atoms with Crippen LogP contribution in [0.4, 0.5) is 0 Å². The number of hydrogen-bond donors (Lipinski definition) is 0. The van der Waals surface area contributed by atoms with E-state index in [1.54, 1.807) is 0 Å². The maximum atomic E-state index is 7.47. The highest BCUT2D eigenvalue weighted by molar-refractivity contribution is 5.29. The molecule has 74 valence electrons. The molecule has 0 saturated heterocycles. The molecule has 14 heavy (non-hydrogen) atoms. The largest absolute Gasteiger partial charge is 0.0844 e. The molecular weight excluding hydrogens is 168 g/mol. The second-order valence-electron chi connectivity index (χ2n) is 4.26. The Hall–Kier alpha value is -1.04. The van der Waals surface area contributed by atoms with Crippen molar-refractivity contribution in [2.24, 2.45) is 5.41 Å². The van der Waals surface area contributed by atoms with Gasteiger partial charge in [-0.25, -0.2) is 0 Å². The Labute approximate surface area is 90.9 Å². The highest BCUT2D eigenvalue weighted by Crippen LogP contribution is 2.51. The van der Waals surface area contributed by atoms with Crippen molar-refractivity contribution in [1.82, 2.24) is 0 Å². The molecule has 1 aliphatic carbocycles. The topological polar surface area (TPSA) is 0 Å². The average Bonchev–Trinajstić information content (AvgIpc) is 2.92. The normalized spacial score (nSPS) is 32.1. The number of hydrogen-bond acceptors (Lipinski definition) is 0. The Morgan fingerprint density at radius 1 is 1.43 bits per heavy atom. The minimum absolute atomic E-state index is 0.538. The van der Waals surface area contributed by atoms with Gasteiger partial charge in [0.2, 0.25) is 0 Å². The van der Waals surface area contributed by atoms with Gasteiger partial charge in [0.05, 0.1) is 0 Å². The van der Waals surface area contributed by atoms with E-state index in [-0.39, 0.29) is 0 Å². The van der Waals surface area contributed by atoms with Crippen LogP contribution < -0.4 is 0 Å². The van der Waals surface area contributed by atoms with Gasteiger partial charge in [0.15, 0.2) is 0 Å². The summed E-state index contributed by atoms with van der Waals surface area (Å²) in [5.74, 6) is 0. The van der Waals surface area contributed by atoms with Crippen molar-refractivity contribution < 1.29 is 4.11 Å². The van der Waals surface area contributed by atoms with Gasteiger partial charge in [-0.15, -0.1) is 0 Å². The van der Waals surface area contributed by atoms with E-state index in [1.165, 1.54) is 5.56 Å². The van der Waals surface area contributed by atoms with Crippen LogP contribution in [0.5, 0.6) is 0 Å². The van der Waals surface area contributed by atoms with E-state index < -0.39 is 12.3 Å². The molecule has 1 aliphatic rings. The Bertz CT molecular complexity index is 417. The Balaban J connectivity index is 1.89. The maximum absolute atomic E-state index is 7.47. The third-order valence-corrected chi connectivity index (χ3v) is 2.79. The van der Waals surface area contributed by atoms with Crippen LogP contribution in [0.1, 0.15) is 36.3 Å². The van der Waals surface area contributed by atoms with Crippen LogP contribution in [0, 0.1) is 5.41 Å². The summed E-state index contributed by atoms with van der Waals surface area (Å²) in [5, 5.41) is 0. The molecule has 0 bridgehead atoms. The van der Waals surface area contributed by atoms with Crippen molar-refractivity contribution in [3.05, 3.63) is 47.5 Å². The molecule has 0 amide bonds. The van der Waals surface area contributed by atoms with Crippen LogP contribution in [-0.2, 0) is 6.42 Å². The van der Waals surface area contributed by atoms with E-state index >= 15 is 0 Å². The molecule has 0 aromatic heterocycles. The third kappa shape index (κ3) is 2.25. The van der Waals surface area contributed by atoms with Gasteiger partial charge in [-0.3, -0.25) is 0 Å². The van der Waals surface area contributed by atoms with Gasteiger partial charge >= 0.3 is 0 Å². The van der Waals surface area contributed by atoms with E-state index in [9.17, 15) is 0 Å². The summed E-state index contributed by atoms with van der Waals surface area (Å²) in [4.78, 5) is 0.